The van der Waals surface area contributed by atoms with Crippen LogP contribution in [0.15, 0.2) is 12.1 Å². The molecular weight excluding hydrogens is 242 g/mol. The molecule has 0 saturated carbocycles. The fourth-order valence-electron chi connectivity index (χ4n) is 1.29. The third-order valence-corrected chi connectivity index (χ3v) is 2.17. The molecule has 0 bridgehead atoms. The Morgan fingerprint density at radius 1 is 1.44 bits per heavy atom. The largest absolute Gasteiger partial charge is 0.477 e. The summed E-state index contributed by atoms with van der Waals surface area (Å²) < 4.78 is 0. The van der Waals surface area contributed by atoms with Crippen LogP contribution in [-0.4, -0.2) is 39.2 Å². The molecule has 0 aromatic carbocycles. The fraction of sp³-hybridized carbons (Fsp3) is 0.400. The average molecular weight is 255 g/mol. The predicted molar refractivity (Wildman–Crippen MR) is 62.7 cm³/mol. The molecule has 0 atom stereocenters. The van der Waals surface area contributed by atoms with Crippen molar-refractivity contribution in [3.8, 4) is 0 Å². The van der Waals surface area contributed by atoms with Crippen molar-refractivity contribution in [3.05, 3.63) is 27.9 Å². The normalized spacial score (nSPS) is 10.1. The van der Waals surface area contributed by atoms with Gasteiger partial charge in [-0.05, 0) is 18.9 Å². The Labute approximate surface area is 102 Å². The van der Waals surface area contributed by atoms with Crippen molar-refractivity contribution < 1.29 is 19.9 Å². The summed E-state index contributed by atoms with van der Waals surface area (Å²) in [5.41, 5.74) is -0.533. The van der Waals surface area contributed by atoms with E-state index < -0.39 is 10.9 Å². The van der Waals surface area contributed by atoms with Gasteiger partial charge in [-0.25, -0.2) is 9.78 Å². The fourth-order valence-corrected chi connectivity index (χ4v) is 1.29. The number of carboxylic acids is 1. The van der Waals surface area contributed by atoms with Crippen LogP contribution in [0.3, 0.4) is 0 Å². The smallest absolute Gasteiger partial charge is 0.354 e. The topological polar surface area (TPSA) is 126 Å². The van der Waals surface area contributed by atoms with Crippen LogP contribution in [0.2, 0.25) is 0 Å². The molecular formula is C10H13N3O5. The van der Waals surface area contributed by atoms with Crippen LogP contribution in [0.25, 0.3) is 0 Å². The van der Waals surface area contributed by atoms with E-state index in [9.17, 15) is 14.9 Å². The molecule has 0 saturated heterocycles. The summed E-state index contributed by atoms with van der Waals surface area (Å²) in [5.74, 6) is -1.32. The van der Waals surface area contributed by atoms with Crippen LogP contribution in [-0.2, 0) is 0 Å². The van der Waals surface area contributed by atoms with Gasteiger partial charge in [0.15, 0.2) is 5.69 Å². The maximum Gasteiger partial charge on any atom is 0.354 e. The zero-order valence-electron chi connectivity index (χ0n) is 9.50. The SMILES string of the molecule is O=C(O)c1ccc([N+](=O)[O-])c(NCCCCO)n1. The van der Waals surface area contributed by atoms with E-state index in [2.05, 4.69) is 10.3 Å². The molecule has 8 nitrogen and oxygen atoms in total. The predicted octanol–water partition coefficient (Wildman–Crippen LogP) is 0.872. The molecule has 3 N–H and O–H groups in total. The van der Waals surface area contributed by atoms with E-state index in [-0.39, 0.29) is 23.8 Å². The Morgan fingerprint density at radius 3 is 2.72 bits per heavy atom. The highest BCUT2D eigenvalue weighted by atomic mass is 16.6. The number of hydrogen-bond donors (Lipinski definition) is 3. The summed E-state index contributed by atoms with van der Waals surface area (Å²) in [4.78, 5) is 24.5. The summed E-state index contributed by atoms with van der Waals surface area (Å²) in [7, 11) is 0. The van der Waals surface area contributed by atoms with Crippen LogP contribution in [0.1, 0.15) is 23.3 Å². The number of nitro groups is 1. The highest BCUT2D eigenvalue weighted by Crippen LogP contribution is 2.22. The van der Waals surface area contributed by atoms with Crippen molar-refractivity contribution in [2.75, 3.05) is 18.5 Å². The van der Waals surface area contributed by atoms with Gasteiger partial charge in [0.05, 0.1) is 4.92 Å². The number of unbranched alkanes of at least 4 members (excludes halogenated alkanes) is 1. The molecule has 1 aromatic rings. The second kappa shape index (κ2) is 6.50. The third-order valence-electron chi connectivity index (χ3n) is 2.17. The van der Waals surface area contributed by atoms with Crippen molar-refractivity contribution in [2.45, 2.75) is 12.8 Å². The Bertz CT molecular complexity index is 449. The van der Waals surface area contributed by atoms with Gasteiger partial charge in [0, 0.05) is 19.2 Å². The summed E-state index contributed by atoms with van der Waals surface area (Å²) in [6.07, 6.45) is 1.16. The van der Waals surface area contributed by atoms with Crippen LogP contribution in [0.5, 0.6) is 0 Å². The van der Waals surface area contributed by atoms with Crippen molar-refractivity contribution in [1.82, 2.24) is 4.98 Å². The monoisotopic (exact) mass is 255 g/mol. The molecule has 0 aliphatic rings. The summed E-state index contributed by atoms with van der Waals surface area (Å²) in [6, 6.07) is 2.18. The Hall–Kier alpha value is -2.22. The number of hydrogen-bond acceptors (Lipinski definition) is 6. The van der Waals surface area contributed by atoms with Gasteiger partial charge in [0.25, 0.3) is 0 Å². The van der Waals surface area contributed by atoms with Gasteiger partial charge in [-0.3, -0.25) is 10.1 Å². The molecule has 18 heavy (non-hydrogen) atoms. The molecule has 98 valence electrons. The molecule has 0 aliphatic carbocycles. The molecule has 0 fully saturated rings. The van der Waals surface area contributed by atoms with E-state index in [1.54, 1.807) is 0 Å². The van der Waals surface area contributed by atoms with Crippen molar-refractivity contribution in [2.24, 2.45) is 0 Å². The Morgan fingerprint density at radius 2 is 2.17 bits per heavy atom. The standard InChI is InChI=1S/C10H13N3O5/c14-6-2-1-5-11-9-8(13(17)18)4-3-7(12-9)10(15)16/h3-4,14H,1-2,5-6H2,(H,11,12)(H,15,16). The van der Waals surface area contributed by atoms with Crippen LogP contribution in [0.4, 0.5) is 11.5 Å². The van der Waals surface area contributed by atoms with Crippen LogP contribution in [0, 0.1) is 10.1 Å². The van der Waals surface area contributed by atoms with Gasteiger partial charge in [-0.15, -0.1) is 0 Å². The summed E-state index contributed by atoms with van der Waals surface area (Å²) in [6.45, 7) is 0.407. The summed E-state index contributed by atoms with van der Waals surface area (Å²) in [5, 5.41) is 30.8. The molecule has 1 rings (SSSR count). The highest BCUT2D eigenvalue weighted by molar-refractivity contribution is 5.86. The first kappa shape index (κ1) is 13.8. The Kier molecular flexibility index (Phi) is 5.00. The van der Waals surface area contributed by atoms with E-state index in [1.807, 2.05) is 0 Å². The number of aliphatic hydroxyl groups excluding tert-OH is 1. The highest BCUT2D eigenvalue weighted by Gasteiger charge is 2.17. The van der Waals surface area contributed by atoms with Gasteiger partial charge in [-0.2, -0.15) is 0 Å². The number of aliphatic hydroxyl groups is 1. The number of aromatic nitrogens is 1. The first-order valence-electron chi connectivity index (χ1n) is 5.29. The van der Waals surface area contributed by atoms with Gasteiger partial charge in [-0.1, -0.05) is 0 Å². The number of carbonyl (C=O) groups is 1. The number of nitrogens with zero attached hydrogens (tertiary/aromatic N) is 2. The van der Waals surface area contributed by atoms with Crippen LogP contribution >= 0.6 is 0 Å². The number of rotatable bonds is 7. The zero-order valence-corrected chi connectivity index (χ0v) is 9.50. The van der Waals surface area contributed by atoms with Crippen molar-refractivity contribution in [3.63, 3.8) is 0 Å². The van der Waals surface area contributed by atoms with Gasteiger partial charge in [0.2, 0.25) is 5.82 Å². The average Bonchev–Trinajstić information content (AvgIpc) is 2.34. The van der Waals surface area contributed by atoms with E-state index >= 15 is 0 Å². The number of pyridine rings is 1. The minimum Gasteiger partial charge on any atom is -0.477 e. The molecule has 8 heteroatoms. The van der Waals surface area contributed by atoms with Crippen LogP contribution < -0.4 is 5.32 Å². The maximum absolute atomic E-state index is 10.7. The summed E-state index contributed by atoms with van der Waals surface area (Å²) >= 11 is 0. The number of aromatic carboxylic acids is 1. The number of carboxylic acid groups (broad SMARTS) is 1. The zero-order chi connectivity index (χ0) is 13.5. The van der Waals surface area contributed by atoms with E-state index in [4.69, 9.17) is 10.2 Å². The quantitative estimate of drug-likeness (QED) is 0.375. The third kappa shape index (κ3) is 3.67. The minimum absolute atomic E-state index is 0.0341. The van der Waals surface area contributed by atoms with Gasteiger partial charge in [0.1, 0.15) is 0 Å². The van der Waals surface area contributed by atoms with Gasteiger partial charge >= 0.3 is 11.7 Å². The molecule has 1 aromatic heterocycles. The van der Waals surface area contributed by atoms with E-state index in [0.29, 0.717) is 19.4 Å². The lowest BCUT2D eigenvalue weighted by Gasteiger charge is -2.06. The second-order valence-corrected chi connectivity index (χ2v) is 3.48. The molecule has 0 radical (unpaired) electrons. The molecule has 0 aliphatic heterocycles. The minimum atomic E-state index is -1.25. The second-order valence-electron chi connectivity index (χ2n) is 3.48. The van der Waals surface area contributed by atoms with E-state index in [0.717, 1.165) is 12.1 Å². The molecule has 0 spiro atoms. The van der Waals surface area contributed by atoms with E-state index in [1.165, 1.54) is 0 Å². The lowest BCUT2D eigenvalue weighted by atomic mass is 10.3. The van der Waals surface area contributed by atoms with Crippen molar-refractivity contribution in [1.29, 1.82) is 0 Å². The van der Waals surface area contributed by atoms with Gasteiger partial charge < -0.3 is 15.5 Å². The van der Waals surface area contributed by atoms with Crippen molar-refractivity contribution >= 4 is 17.5 Å². The lowest BCUT2D eigenvalue weighted by molar-refractivity contribution is -0.384. The number of anilines is 1. The molecule has 1 heterocycles. The Balaban J connectivity index is 2.86. The first-order valence-corrected chi connectivity index (χ1v) is 5.29. The molecule has 0 amide bonds. The molecule has 0 unspecified atom stereocenters. The first-order chi connectivity index (χ1) is 8.56. The lowest BCUT2D eigenvalue weighted by Crippen LogP contribution is -2.10. The number of nitrogens with one attached hydrogen (secondary N) is 1. The maximum atomic E-state index is 10.7.